The summed E-state index contributed by atoms with van der Waals surface area (Å²) >= 11 is 0. The van der Waals surface area contributed by atoms with Crippen LogP contribution in [0.25, 0.3) is 0 Å². The monoisotopic (exact) mass is 747 g/mol. The normalized spacial score (nSPS) is 26.4. The number of likely N-dealkylation sites (tertiary alicyclic amines) is 1. The first-order chi connectivity index (χ1) is 24.1. The van der Waals surface area contributed by atoms with Crippen LogP contribution in [0.1, 0.15) is 132 Å². The van der Waals surface area contributed by atoms with Gasteiger partial charge in [-0.05, 0) is 87.4 Å². The van der Waals surface area contributed by atoms with Crippen LogP contribution in [0.2, 0.25) is 0 Å². The summed E-state index contributed by atoms with van der Waals surface area (Å²) in [6.45, 7) is 15.5. The van der Waals surface area contributed by atoms with E-state index in [2.05, 4.69) is 35.1 Å². The second-order valence-corrected chi connectivity index (χ2v) is 22.2. The van der Waals surface area contributed by atoms with Crippen LogP contribution in [0.5, 0.6) is 0 Å². The summed E-state index contributed by atoms with van der Waals surface area (Å²) < 4.78 is 25.7. The minimum absolute atomic E-state index is 0.0705. The van der Waals surface area contributed by atoms with E-state index in [0.29, 0.717) is 44.2 Å². The van der Waals surface area contributed by atoms with Crippen LogP contribution in [0.3, 0.4) is 0 Å². The summed E-state index contributed by atoms with van der Waals surface area (Å²) in [6, 6.07) is -3.47. The molecule has 0 spiro atoms. The molecule has 4 aliphatic carbocycles. The Balaban J connectivity index is 1.32. The fourth-order valence-electron chi connectivity index (χ4n) is 8.53. The van der Waals surface area contributed by atoms with Gasteiger partial charge in [0, 0.05) is 13.1 Å². The van der Waals surface area contributed by atoms with Gasteiger partial charge < -0.3 is 26.2 Å². The second-order valence-electron chi connectivity index (χ2n) is 19.4. The van der Waals surface area contributed by atoms with Gasteiger partial charge >= 0.3 is 6.03 Å². The van der Waals surface area contributed by atoms with E-state index in [4.69, 9.17) is 0 Å². The van der Waals surface area contributed by atoms with Crippen molar-refractivity contribution in [2.75, 3.05) is 18.8 Å². The smallest absolute Gasteiger partial charge is 0.315 e. The zero-order valence-electron chi connectivity index (χ0n) is 32.9. The topological polar surface area (TPSA) is 171 Å². The van der Waals surface area contributed by atoms with Crippen molar-refractivity contribution in [1.29, 1.82) is 0 Å². The largest absolute Gasteiger partial charge is 0.349 e. The van der Waals surface area contributed by atoms with Crippen LogP contribution in [0.4, 0.5) is 4.79 Å². The zero-order chi connectivity index (χ0) is 38.4. The molecule has 12 nitrogen and oxygen atoms in total. The molecule has 4 N–H and O–H groups in total. The molecule has 294 valence electrons. The highest BCUT2D eigenvalue weighted by atomic mass is 32.2. The summed E-state index contributed by atoms with van der Waals surface area (Å²) in [7, 11) is -3.56. The van der Waals surface area contributed by atoms with Gasteiger partial charge in [0.05, 0.1) is 22.1 Å². The molecule has 4 saturated carbocycles. The molecule has 5 amide bonds. The average Bonchev–Trinajstić information content (AvgIpc) is 3.99. The van der Waals surface area contributed by atoms with Crippen molar-refractivity contribution in [3.63, 3.8) is 0 Å². The van der Waals surface area contributed by atoms with Gasteiger partial charge in [-0.15, -0.1) is 0 Å². The number of ketones is 1. The van der Waals surface area contributed by atoms with Gasteiger partial charge in [-0.2, -0.15) is 0 Å². The highest BCUT2D eigenvalue weighted by Gasteiger charge is 2.70. The summed E-state index contributed by atoms with van der Waals surface area (Å²) in [6.07, 6.45) is 9.98. The first-order valence-electron chi connectivity index (χ1n) is 19.8. The van der Waals surface area contributed by atoms with Gasteiger partial charge in [0.2, 0.25) is 17.6 Å². The lowest BCUT2D eigenvalue weighted by Gasteiger charge is -2.41. The third-order valence-corrected chi connectivity index (χ3v) is 15.5. The van der Waals surface area contributed by atoms with Crippen LogP contribution in [-0.4, -0.2) is 90.1 Å². The Hall–Kier alpha value is -2.70. The van der Waals surface area contributed by atoms with Crippen LogP contribution in [-0.2, 0) is 29.0 Å². The maximum Gasteiger partial charge on any atom is 0.315 e. The second kappa shape index (κ2) is 14.9. The first kappa shape index (κ1) is 40.5. The van der Waals surface area contributed by atoms with E-state index in [1.807, 2.05) is 20.8 Å². The number of carbonyl (C=O) groups excluding carboxylic acids is 5. The van der Waals surface area contributed by atoms with Crippen molar-refractivity contribution in [2.45, 2.75) is 161 Å². The van der Waals surface area contributed by atoms with Crippen LogP contribution in [0, 0.1) is 34.5 Å². The number of urea groups is 1. The van der Waals surface area contributed by atoms with Crippen molar-refractivity contribution >= 4 is 39.4 Å². The van der Waals surface area contributed by atoms with Crippen molar-refractivity contribution in [3.05, 3.63) is 0 Å². The van der Waals surface area contributed by atoms with Crippen LogP contribution < -0.4 is 21.3 Å². The molecule has 13 heteroatoms. The maximum atomic E-state index is 14.6. The maximum absolute atomic E-state index is 14.6. The highest BCUT2D eigenvalue weighted by Crippen LogP contribution is 2.65. The number of rotatable bonds is 15. The minimum atomic E-state index is -3.56. The molecular weight excluding hydrogens is 683 g/mol. The Morgan fingerprint density at radius 3 is 2.00 bits per heavy atom. The zero-order valence-corrected chi connectivity index (χ0v) is 33.7. The number of piperidine rings is 1. The Morgan fingerprint density at radius 1 is 0.846 bits per heavy atom. The first-order valence-corrected chi connectivity index (χ1v) is 21.5. The SMILES string of the molecule is CC(C)(C)[C@H](NC(=O)NC1(CS(=O)(=O)C(C)(C)C)CCCCC1)C(=O)N1C[C@H]2[C@@H]([C@H]1C(=O)NC(CCC1CC1)C(=O)C(=O)NCCC1CC1)C2(C)C. The summed E-state index contributed by atoms with van der Waals surface area (Å²) in [5, 5.41) is 11.6. The standard InChI is InChI=1S/C39H65N5O7S/c1-36(2,3)31(42-35(49)43-39(19-10-9-11-20-39)23-52(50,51)37(4,5)6)34(48)44-22-26-28(38(26,7)8)29(44)32(46)41-27(17-16-24-12-13-24)30(45)33(47)40-21-18-25-14-15-25/h24-29,31H,9-23H2,1-8H3,(H,40,47)(H,41,46)(H2,42,43,49)/t26-,27?,28-,29-,31+/m0/s1. The fraction of sp³-hybridized carbons (Fsp3) is 0.872. The minimum Gasteiger partial charge on any atom is -0.349 e. The van der Waals surface area contributed by atoms with E-state index in [0.717, 1.165) is 57.8 Å². The van der Waals surface area contributed by atoms with Crippen LogP contribution >= 0.6 is 0 Å². The summed E-state index contributed by atoms with van der Waals surface area (Å²) in [4.78, 5) is 70.6. The fourth-order valence-corrected chi connectivity index (χ4v) is 10.0. The number of sulfone groups is 1. The van der Waals surface area contributed by atoms with Gasteiger partial charge in [-0.3, -0.25) is 19.2 Å². The molecular formula is C39H65N5O7S. The predicted molar refractivity (Wildman–Crippen MR) is 200 cm³/mol. The number of hydrogen-bond acceptors (Lipinski definition) is 7. The van der Waals surface area contributed by atoms with Crippen molar-refractivity contribution in [2.24, 2.45) is 34.5 Å². The number of amides is 5. The molecule has 52 heavy (non-hydrogen) atoms. The van der Waals surface area contributed by atoms with Gasteiger partial charge in [0.25, 0.3) is 5.91 Å². The Morgan fingerprint density at radius 2 is 1.44 bits per heavy atom. The Bertz CT molecular complexity index is 1500. The third-order valence-electron chi connectivity index (χ3n) is 12.7. The molecule has 1 aliphatic heterocycles. The predicted octanol–water partition coefficient (Wildman–Crippen LogP) is 4.26. The Labute approximate surface area is 311 Å². The lowest BCUT2D eigenvalue weighted by molar-refractivity contribution is -0.145. The summed E-state index contributed by atoms with van der Waals surface area (Å²) in [5.74, 6) is -1.32. The number of Topliss-reactive ketones (excluding diaryl/α,β-unsaturated/α-hetero) is 1. The quantitative estimate of drug-likeness (QED) is 0.182. The molecule has 1 saturated heterocycles. The lowest BCUT2D eigenvalue weighted by Crippen LogP contribution is -2.64. The molecule has 5 rings (SSSR count). The molecule has 5 atom stereocenters. The third kappa shape index (κ3) is 9.32. The molecule has 0 aromatic heterocycles. The van der Waals surface area contributed by atoms with Gasteiger partial charge in [-0.1, -0.05) is 79.6 Å². The van der Waals surface area contributed by atoms with Crippen molar-refractivity contribution < 1.29 is 32.4 Å². The van der Waals surface area contributed by atoms with Gasteiger partial charge in [-0.25, -0.2) is 13.2 Å². The number of nitrogens with zero attached hydrogens (tertiary/aromatic N) is 1. The Kier molecular flexibility index (Phi) is 11.6. The number of carbonyl (C=O) groups is 5. The molecule has 5 fully saturated rings. The van der Waals surface area contributed by atoms with Crippen molar-refractivity contribution in [3.8, 4) is 0 Å². The molecule has 0 aromatic rings. The molecule has 1 heterocycles. The molecule has 5 aliphatic rings. The van der Waals surface area contributed by atoms with E-state index in [-0.39, 0.29) is 23.0 Å². The molecule has 0 aromatic carbocycles. The van der Waals surface area contributed by atoms with Gasteiger partial charge in [0.15, 0.2) is 9.84 Å². The van der Waals surface area contributed by atoms with Gasteiger partial charge in [0.1, 0.15) is 12.1 Å². The number of fused-ring (bicyclic) bond motifs is 1. The number of nitrogens with one attached hydrogen (secondary N) is 4. The summed E-state index contributed by atoms with van der Waals surface area (Å²) in [5.41, 5.74) is -1.90. The van der Waals surface area contributed by atoms with E-state index in [9.17, 15) is 32.4 Å². The van der Waals surface area contributed by atoms with Crippen LogP contribution in [0.15, 0.2) is 0 Å². The van der Waals surface area contributed by atoms with E-state index in [1.54, 1.807) is 25.7 Å². The molecule has 1 unspecified atom stereocenters. The molecule has 0 radical (unpaired) electrons. The molecule has 0 bridgehead atoms. The van der Waals surface area contributed by atoms with E-state index in [1.165, 1.54) is 0 Å². The van der Waals surface area contributed by atoms with E-state index >= 15 is 0 Å². The van der Waals surface area contributed by atoms with Crippen molar-refractivity contribution in [1.82, 2.24) is 26.2 Å². The number of hydrogen-bond donors (Lipinski definition) is 4. The average molecular weight is 748 g/mol. The lowest BCUT2D eigenvalue weighted by atomic mass is 9.83. The van der Waals surface area contributed by atoms with E-state index < -0.39 is 73.2 Å². The highest BCUT2D eigenvalue weighted by molar-refractivity contribution is 7.92.